The summed E-state index contributed by atoms with van der Waals surface area (Å²) in [6.07, 6.45) is 12.0. The Labute approximate surface area is 96.2 Å². The molecule has 1 aliphatic carbocycles. The normalized spacial score (nSPS) is 27.0. The molecule has 90 valence electrons. The van der Waals surface area contributed by atoms with Gasteiger partial charge in [-0.2, -0.15) is 0 Å². The molecular formula is C14H29N. The second-order valence-electron chi connectivity index (χ2n) is 5.39. The molecule has 0 aromatic heterocycles. The van der Waals surface area contributed by atoms with Crippen LogP contribution in [0.5, 0.6) is 0 Å². The maximum absolute atomic E-state index is 2.49. The fraction of sp³-hybridized carbons (Fsp3) is 1.00. The number of piperidine rings is 1. The van der Waals surface area contributed by atoms with Crippen LogP contribution in [0.2, 0.25) is 0 Å². The lowest BCUT2D eigenvalue weighted by molar-refractivity contribution is 0.160. The van der Waals surface area contributed by atoms with Gasteiger partial charge in [0.2, 0.25) is 0 Å². The minimum atomic E-state index is 0. The van der Waals surface area contributed by atoms with Crippen molar-refractivity contribution in [2.24, 2.45) is 11.8 Å². The van der Waals surface area contributed by atoms with Crippen LogP contribution in [0.3, 0.4) is 0 Å². The lowest BCUT2D eigenvalue weighted by Gasteiger charge is -2.34. The minimum Gasteiger partial charge on any atom is -0.306 e. The maximum Gasteiger partial charge on any atom is -0.00190 e. The van der Waals surface area contributed by atoms with Crippen LogP contribution in [0.25, 0.3) is 0 Å². The molecule has 0 aromatic rings. The van der Waals surface area contributed by atoms with Gasteiger partial charge in [0.25, 0.3) is 0 Å². The quantitative estimate of drug-likeness (QED) is 0.594. The van der Waals surface area contributed by atoms with Crippen LogP contribution in [0.4, 0.5) is 0 Å². The molecule has 0 radical (unpaired) electrons. The summed E-state index contributed by atoms with van der Waals surface area (Å²) in [6, 6.07) is 0. The number of nitrogens with zero attached hydrogens (tertiary/aromatic N) is 1. The first kappa shape index (κ1) is 13.0. The van der Waals surface area contributed by atoms with Gasteiger partial charge in [0.15, 0.2) is 0 Å². The Morgan fingerprint density at radius 3 is 1.73 bits per heavy atom. The van der Waals surface area contributed by atoms with E-state index in [1.54, 1.807) is 0 Å². The molecule has 1 saturated heterocycles. The maximum atomic E-state index is 2.49. The Morgan fingerprint density at radius 2 is 1.20 bits per heavy atom. The zero-order valence-corrected chi connectivity index (χ0v) is 9.67. The first-order valence-electron chi connectivity index (χ1n) is 6.55. The highest BCUT2D eigenvalue weighted by Crippen LogP contribution is 2.34. The Kier molecular flexibility index (Phi) is 5.66. The van der Waals surface area contributed by atoms with Crippen molar-refractivity contribution in [3.63, 3.8) is 0 Å². The third-order valence-corrected chi connectivity index (χ3v) is 4.33. The van der Waals surface area contributed by atoms with E-state index in [1.165, 1.54) is 64.5 Å². The van der Waals surface area contributed by atoms with Crippen molar-refractivity contribution in [1.29, 1.82) is 0 Å². The zero-order valence-electron chi connectivity index (χ0n) is 9.67. The molecule has 1 heterocycles. The Bertz CT molecular complexity index is 151. The van der Waals surface area contributed by atoms with Crippen LogP contribution in [0, 0.1) is 11.8 Å². The summed E-state index contributed by atoms with van der Waals surface area (Å²) in [7, 11) is 2.27. The summed E-state index contributed by atoms with van der Waals surface area (Å²) < 4.78 is 0. The van der Waals surface area contributed by atoms with Crippen molar-refractivity contribution >= 4 is 0 Å². The van der Waals surface area contributed by atoms with Crippen LogP contribution >= 0.6 is 0 Å². The molecule has 1 aliphatic heterocycles. The summed E-state index contributed by atoms with van der Waals surface area (Å²) in [5, 5.41) is 0. The van der Waals surface area contributed by atoms with E-state index in [9.17, 15) is 0 Å². The first-order valence-corrected chi connectivity index (χ1v) is 6.55. The number of rotatable bonds is 1. The first-order chi connectivity index (χ1) is 6.86. The lowest BCUT2D eigenvalue weighted by Crippen LogP contribution is -2.33. The minimum absolute atomic E-state index is 0. The summed E-state index contributed by atoms with van der Waals surface area (Å²) in [6.45, 7) is 2.70. The van der Waals surface area contributed by atoms with Gasteiger partial charge in [-0.3, -0.25) is 0 Å². The van der Waals surface area contributed by atoms with E-state index in [0.29, 0.717) is 0 Å². The molecule has 0 spiro atoms. The third-order valence-electron chi connectivity index (χ3n) is 4.33. The van der Waals surface area contributed by atoms with E-state index in [4.69, 9.17) is 0 Å². The predicted octanol–water partition coefficient (Wildman–Crippen LogP) is 3.93. The monoisotopic (exact) mass is 211 g/mol. The Balaban J connectivity index is 0.00000112. The summed E-state index contributed by atoms with van der Waals surface area (Å²) >= 11 is 0. The lowest BCUT2D eigenvalue weighted by atomic mass is 9.80. The molecule has 0 unspecified atom stereocenters. The zero-order chi connectivity index (χ0) is 9.80. The molecule has 0 N–H and O–H groups in total. The van der Waals surface area contributed by atoms with Crippen LogP contribution < -0.4 is 0 Å². The Morgan fingerprint density at radius 1 is 0.733 bits per heavy atom. The van der Waals surface area contributed by atoms with Crippen molar-refractivity contribution in [2.75, 3.05) is 20.1 Å². The van der Waals surface area contributed by atoms with E-state index < -0.39 is 0 Å². The van der Waals surface area contributed by atoms with Crippen molar-refractivity contribution < 1.29 is 0 Å². The van der Waals surface area contributed by atoms with E-state index in [1.807, 2.05) is 0 Å². The van der Waals surface area contributed by atoms with E-state index in [0.717, 1.165) is 11.8 Å². The average molecular weight is 211 g/mol. The van der Waals surface area contributed by atoms with Gasteiger partial charge in [-0.1, -0.05) is 46.0 Å². The van der Waals surface area contributed by atoms with E-state index in [2.05, 4.69) is 11.9 Å². The predicted molar refractivity (Wildman–Crippen MR) is 68.1 cm³/mol. The van der Waals surface area contributed by atoms with Gasteiger partial charge >= 0.3 is 0 Å². The third kappa shape index (κ3) is 3.79. The average Bonchev–Trinajstić information content (AvgIpc) is 2.47. The SMILES string of the molecule is C.CN1CCC(C2CCCCCC2)CC1. The molecule has 0 aromatic carbocycles. The second kappa shape index (κ2) is 6.52. The van der Waals surface area contributed by atoms with Crippen molar-refractivity contribution in [3.05, 3.63) is 0 Å². The van der Waals surface area contributed by atoms with E-state index >= 15 is 0 Å². The summed E-state index contributed by atoms with van der Waals surface area (Å²) in [5.74, 6) is 2.16. The molecule has 2 fully saturated rings. The Hall–Kier alpha value is -0.0400. The molecule has 1 heteroatoms. The highest BCUT2D eigenvalue weighted by Gasteiger charge is 2.25. The van der Waals surface area contributed by atoms with Crippen LogP contribution in [0.15, 0.2) is 0 Å². The molecule has 1 nitrogen and oxygen atoms in total. The van der Waals surface area contributed by atoms with Crippen LogP contribution in [0.1, 0.15) is 58.8 Å². The molecule has 0 bridgehead atoms. The summed E-state index contributed by atoms with van der Waals surface area (Å²) in [4.78, 5) is 2.49. The van der Waals surface area contributed by atoms with Gasteiger partial charge in [-0.15, -0.1) is 0 Å². The molecule has 15 heavy (non-hydrogen) atoms. The summed E-state index contributed by atoms with van der Waals surface area (Å²) in [5.41, 5.74) is 0. The highest BCUT2D eigenvalue weighted by atomic mass is 15.1. The van der Waals surface area contributed by atoms with Gasteiger partial charge in [0.1, 0.15) is 0 Å². The van der Waals surface area contributed by atoms with Gasteiger partial charge in [-0.25, -0.2) is 0 Å². The number of hydrogen-bond acceptors (Lipinski definition) is 1. The molecular weight excluding hydrogens is 182 g/mol. The number of likely N-dealkylation sites (tertiary alicyclic amines) is 1. The molecule has 2 rings (SSSR count). The molecule has 0 atom stereocenters. The van der Waals surface area contributed by atoms with Gasteiger partial charge in [0, 0.05) is 0 Å². The smallest absolute Gasteiger partial charge is 0.00190 e. The van der Waals surface area contributed by atoms with E-state index in [-0.39, 0.29) is 7.43 Å². The molecule has 0 amide bonds. The second-order valence-corrected chi connectivity index (χ2v) is 5.39. The van der Waals surface area contributed by atoms with Crippen LogP contribution in [-0.2, 0) is 0 Å². The fourth-order valence-corrected chi connectivity index (χ4v) is 3.28. The van der Waals surface area contributed by atoms with Crippen molar-refractivity contribution in [3.8, 4) is 0 Å². The van der Waals surface area contributed by atoms with Gasteiger partial charge in [0.05, 0.1) is 0 Å². The molecule has 2 aliphatic rings. The van der Waals surface area contributed by atoms with Crippen molar-refractivity contribution in [1.82, 2.24) is 4.90 Å². The number of hydrogen-bond donors (Lipinski definition) is 0. The highest BCUT2D eigenvalue weighted by molar-refractivity contribution is 4.78. The van der Waals surface area contributed by atoms with Gasteiger partial charge < -0.3 is 4.90 Å². The molecule has 1 saturated carbocycles. The van der Waals surface area contributed by atoms with Gasteiger partial charge in [-0.05, 0) is 44.8 Å². The standard InChI is InChI=1S/C13H25N.CH4/c1-14-10-8-13(9-11-14)12-6-4-2-3-5-7-12;/h12-13H,2-11H2,1H3;1H4. The topological polar surface area (TPSA) is 3.24 Å². The van der Waals surface area contributed by atoms with Crippen LogP contribution in [-0.4, -0.2) is 25.0 Å². The largest absolute Gasteiger partial charge is 0.306 e. The van der Waals surface area contributed by atoms with Crippen molar-refractivity contribution in [2.45, 2.75) is 58.8 Å². The fourth-order valence-electron chi connectivity index (χ4n) is 3.28.